The summed E-state index contributed by atoms with van der Waals surface area (Å²) in [5, 5.41) is 7.40. The smallest absolute Gasteiger partial charge is 0.418 e. The van der Waals surface area contributed by atoms with Crippen LogP contribution in [0.4, 0.5) is 18.9 Å². The van der Waals surface area contributed by atoms with Crippen molar-refractivity contribution in [2.75, 3.05) is 11.9 Å². The van der Waals surface area contributed by atoms with Crippen molar-refractivity contribution >= 4 is 34.4 Å². The SMILES string of the molecule is CCC(C)Sc1ccc(NC(=O)COc2nn(C)c3nc(C)cc(C)c23)c(C(F)(F)F)c1. The van der Waals surface area contributed by atoms with Gasteiger partial charge in [0.15, 0.2) is 12.3 Å². The van der Waals surface area contributed by atoms with Crippen LogP contribution in [0.5, 0.6) is 5.88 Å². The molecular formula is C22H25F3N4O2S. The number of rotatable bonds is 7. The molecule has 0 spiro atoms. The minimum atomic E-state index is -4.60. The lowest BCUT2D eigenvalue weighted by atomic mass is 10.1. The van der Waals surface area contributed by atoms with E-state index in [-0.39, 0.29) is 16.8 Å². The van der Waals surface area contributed by atoms with E-state index in [9.17, 15) is 18.0 Å². The van der Waals surface area contributed by atoms with Gasteiger partial charge in [0, 0.05) is 22.9 Å². The molecule has 1 N–H and O–H groups in total. The van der Waals surface area contributed by atoms with Crippen LogP contribution in [0.15, 0.2) is 29.2 Å². The summed E-state index contributed by atoms with van der Waals surface area (Å²) in [6.45, 7) is 7.17. The van der Waals surface area contributed by atoms with Gasteiger partial charge >= 0.3 is 6.18 Å². The molecule has 3 aromatic rings. The zero-order chi connectivity index (χ0) is 23.6. The van der Waals surface area contributed by atoms with Crippen LogP contribution in [-0.4, -0.2) is 32.5 Å². The second kappa shape index (κ2) is 9.40. The fourth-order valence-electron chi connectivity index (χ4n) is 3.23. The summed E-state index contributed by atoms with van der Waals surface area (Å²) in [5.74, 6) is -0.506. The highest BCUT2D eigenvalue weighted by atomic mass is 32.2. The van der Waals surface area contributed by atoms with Gasteiger partial charge in [0.1, 0.15) is 0 Å². The average Bonchev–Trinajstić information content (AvgIpc) is 3.02. The highest BCUT2D eigenvalue weighted by molar-refractivity contribution is 7.99. The third-order valence-corrected chi connectivity index (χ3v) is 6.17. The molecule has 0 saturated carbocycles. The number of pyridine rings is 1. The molecule has 2 heterocycles. The van der Waals surface area contributed by atoms with Gasteiger partial charge in [0.2, 0.25) is 5.88 Å². The van der Waals surface area contributed by atoms with Crippen molar-refractivity contribution < 1.29 is 22.7 Å². The minimum Gasteiger partial charge on any atom is -0.466 e. The third-order valence-electron chi connectivity index (χ3n) is 4.91. The molecule has 0 fully saturated rings. The summed E-state index contributed by atoms with van der Waals surface area (Å²) in [4.78, 5) is 17.3. The van der Waals surface area contributed by atoms with Crippen molar-refractivity contribution in [2.24, 2.45) is 7.05 Å². The number of ether oxygens (including phenoxy) is 1. The number of alkyl halides is 3. The van der Waals surface area contributed by atoms with E-state index in [0.29, 0.717) is 15.9 Å². The number of hydrogen-bond acceptors (Lipinski definition) is 5. The highest BCUT2D eigenvalue weighted by Crippen LogP contribution is 2.38. The fraction of sp³-hybridized carbons (Fsp3) is 0.409. The van der Waals surface area contributed by atoms with Crippen LogP contribution >= 0.6 is 11.8 Å². The maximum atomic E-state index is 13.6. The summed E-state index contributed by atoms with van der Waals surface area (Å²) in [5.41, 5.74) is 1.10. The zero-order valence-corrected chi connectivity index (χ0v) is 19.3. The molecule has 1 amide bonds. The predicted octanol–water partition coefficient (Wildman–Crippen LogP) is 5.51. The molecule has 0 aliphatic rings. The summed E-state index contributed by atoms with van der Waals surface area (Å²) >= 11 is 1.36. The minimum absolute atomic E-state index is 0.180. The molecule has 6 nitrogen and oxygen atoms in total. The van der Waals surface area contributed by atoms with E-state index in [1.165, 1.54) is 22.5 Å². The van der Waals surface area contributed by atoms with Crippen LogP contribution < -0.4 is 10.1 Å². The molecule has 0 aliphatic carbocycles. The Kier molecular flexibility index (Phi) is 7.02. The van der Waals surface area contributed by atoms with Crippen LogP contribution in [0.25, 0.3) is 11.0 Å². The average molecular weight is 467 g/mol. The molecule has 1 aromatic carbocycles. The zero-order valence-electron chi connectivity index (χ0n) is 18.5. The molecule has 2 aromatic heterocycles. The molecule has 3 rings (SSSR count). The van der Waals surface area contributed by atoms with Crippen LogP contribution in [0.3, 0.4) is 0 Å². The molecule has 10 heteroatoms. The van der Waals surface area contributed by atoms with E-state index in [1.807, 2.05) is 33.8 Å². The van der Waals surface area contributed by atoms with Gasteiger partial charge in [-0.1, -0.05) is 13.8 Å². The van der Waals surface area contributed by atoms with Crippen LogP contribution in [0.1, 0.15) is 37.1 Å². The van der Waals surface area contributed by atoms with Gasteiger partial charge in [-0.2, -0.15) is 13.2 Å². The summed E-state index contributed by atoms with van der Waals surface area (Å²) in [6, 6.07) is 5.78. The van der Waals surface area contributed by atoms with E-state index < -0.39 is 24.3 Å². The van der Waals surface area contributed by atoms with Crippen molar-refractivity contribution in [1.82, 2.24) is 14.8 Å². The van der Waals surface area contributed by atoms with Gasteiger partial charge in [-0.25, -0.2) is 9.67 Å². The number of fused-ring (bicyclic) bond motifs is 1. The maximum Gasteiger partial charge on any atom is 0.418 e. The van der Waals surface area contributed by atoms with Crippen LogP contribution in [0, 0.1) is 13.8 Å². The number of amides is 1. The van der Waals surface area contributed by atoms with E-state index in [1.54, 1.807) is 13.1 Å². The maximum absolute atomic E-state index is 13.6. The first-order valence-corrected chi connectivity index (χ1v) is 11.0. The molecule has 172 valence electrons. The van der Waals surface area contributed by atoms with Gasteiger partial charge in [-0.05, 0) is 50.1 Å². The summed E-state index contributed by atoms with van der Waals surface area (Å²) in [7, 11) is 1.70. The van der Waals surface area contributed by atoms with E-state index >= 15 is 0 Å². The predicted molar refractivity (Wildman–Crippen MR) is 119 cm³/mol. The van der Waals surface area contributed by atoms with Crippen molar-refractivity contribution in [3.05, 3.63) is 41.1 Å². The number of nitrogens with one attached hydrogen (secondary N) is 1. The van der Waals surface area contributed by atoms with Gasteiger partial charge in [-0.15, -0.1) is 16.9 Å². The number of hydrogen-bond donors (Lipinski definition) is 1. The number of carbonyl (C=O) groups excluding carboxylic acids is 1. The quantitative estimate of drug-likeness (QED) is 0.465. The van der Waals surface area contributed by atoms with Gasteiger partial charge in [0.05, 0.1) is 16.6 Å². The van der Waals surface area contributed by atoms with Crippen molar-refractivity contribution in [2.45, 2.75) is 50.4 Å². The molecule has 0 saturated heterocycles. The first-order valence-electron chi connectivity index (χ1n) is 10.1. The molecular weight excluding hydrogens is 441 g/mol. The molecule has 1 atom stereocenters. The van der Waals surface area contributed by atoms with Gasteiger partial charge < -0.3 is 10.1 Å². The Morgan fingerprint density at radius 3 is 2.66 bits per heavy atom. The van der Waals surface area contributed by atoms with Crippen LogP contribution in [0.2, 0.25) is 0 Å². The second-order valence-corrected chi connectivity index (χ2v) is 9.10. The normalized spacial score (nSPS) is 12.8. The standard InChI is InChI=1S/C22H25F3N4O2S/c1-6-14(4)32-15-7-8-17(16(10-15)22(23,24)25)27-18(30)11-31-21-19-12(2)9-13(3)26-20(19)29(5)28-21/h7-10,14H,6,11H2,1-5H3,(H,27,30). The highest BCUT2D eigenvalue weighted by Gasteiger charge is 2.34. The number of aryl methyl sites for hydroxylation is 3. The number of nitrogens with zero attached hydrogens (tertiary/aromatic N) is 3. The molecule has 0 bridgehead atoms. The van der Waals surface area contributed by atoms with E-state index in [2.05, 4.69) is 15.4 Å². The second-order valence-electron chi connectivity index (χ2n) is 7.59. The van der Waals surface area contributed by atoms with Gasteiger partial charge in [0.25, 0.3) is 5.91 Å². The van der Waals surface area contributed by atoms with Crippen LogP contribution in [-0.2, 0) is 18.0 Å². The number of benzene rings is 1. The third kappa shape index (κ3) is 5.35. The first-order chi connectivity index (χ1) is 15.0. The Bertz CT molecular complexity index is 1140. The van der Waals surface area contributed by atoms with Crippen molar-refractivity contribution in [3.63, 3.8) is 0 Å². The Morgan fingerprint density at radius 2 is 2.00 bits per heavy atom. The summed E-state index contributed by atoms with van der Waals surface area (Å²) in [6.07, 6.45) is -3.77. The largest absolute Gasteiger partial charge is 0.466 e. The molecule has 1 unspecified atom stereocenters. The molecule has 0 aliphatic heterocycles. The Morgan fingerprint density at radius 1 is 1.28 bits per heavy atom. The monoisotopic (exact) mass is 466 g/mol. The Labute approximate surface area is 188 Å². The lowest BCUT2D eigenvalue weighted by Crippen LogP contribution is -2.22. The molecule has 0 radical (unpaired) electrons. The van der Waals surface area contributed by atoms with E-state index in [0.717, 1.165) is 23.7 Å². The first kappa shape index (κ1) is 23.9. The fourth-order valence-corrected chi connectivity index (χ4v) is 4.19. The van der Waals surface area contributed by atoms with E-state index in [4.69, 9.17) is 4.74 Å². The number of halogens is 3. The molecule has 32 heavy (non-hydrogen) atoms. The summed E-state index contributed by atoms with van der Waals surface area (Å²) < 4.78 is 47.9. The lowest BCUT2D eigenvalue weighted by molar-refractivity contribution is -0.137. The number of carbonyl (C=O) groups is 1. The number of aromatic nitrogens is 3. The van der Waals surface area contributed by atoms with Crippen molar-refractivity contribution in [1.29, 1.82) is 0 Å². The Balaban J connectivity index is 1.77. The topological polar surface area (TPSA) is 69.0 Å². The number of anilines is 1. The van der Waals surface area contributed by atoms with Gasteiger partial charge in [-0.3, -0.25) is 4.79 Å². The lowest BCUT2D eigenvalue weighted by Gasteiger charge is -2.16. The Hall–Kier alpha value is -2.75. The van der Waals surface area contributed by atoms with Crippen molar-refractivity contribution in [3.8, 4) is 5.88 Å². The number of thioether (sulfide) groups is 1.